The van der Waals surface area contributed by atoms with Crippen LogP contribution < -0.4 is 0 Å². The van der Waals surface area contributed by atoms with E-state index in [0.717, 1.165) is 5.92 Å². The van der Waals surface area contributed by atoms with Gasteiger partial charge in [0.05, 0.1) is 18.5 Å². The molecule has 3 aliphatic rings. The van der Waals surface area contributed by atoms with Crippen LogP contribution >= 0.6 is 0 Å². The highest BCUT2D eigenvalue weighted by atomic mass is 19.5. The highest BCUT2D eigenvalue weighted by Gasteiger charge is 2.78. The molecule has 1 aromatic carbocycles. The zero-order valence-corrected chi connectivity index (χ0v) is 14.5. The van der Waals surface area contributed by atoms with Crippen molar-refractivity contribution in [1.82, 2.24) is 0 Å². The smallest absolute Gasteiger partial charge is 0.418 e. The molecule has 2 aliphatic heterocycles. The first kappa shape index (κ1) is 17.8. The molecule has 2 saturated heterocycles. The summed E-state index contributed by atoms with van der Waals surface area (Å²) in [4.78, 5) is 0. The summed E-state index contributed by atoms with van der Waals surface area (Å²) in [5.41, 5.74) is 2.49. The number of quaternary nitrogens is 1. The molecular formula is C18H26BF4N. The average Bonchev–Trinajstić information content (AvgIpc) is 3.39. The molecule has 1 saturated carbocycles. The monoisotopic (exact) mass is 343 g/mol. The van der Waals surface area contributed by atoms with Crippen LogP contribution in [0.4, 0.5) is 17.3 Å². The molecule has 3 atom stereocenters. The average molecular weight is 343 g/mol. The lowest BCUT2D eigenvalue weighted by atomic mass is 9.71. The minimum Gasteiger partial charge on any atom is -0.418 e. The van der Waals surface area contributed by atoms with Crippen molar-refractivity contribution in [2.45, 2.75) is 50.5 Å². The van der Waals surface area contributed by atoms with Crippen LogP contribution in [-0.4, -0.2) is 36.9 Å². The Labute approximate surface area is 141 Å². The lowest BCUT2D eigenvalue weighted by Gasteiger charge is -2.29. The maximum Gasteiger partial charge on any atom is 0.673 e. The van der Waals surface area contributed by atoms with Crippen LogP contribution in [0.2, 0.25) is 0 Å². The van der Waals surface area contributed by atoms with Crippen molar-refractivity contribution in [2.75, 3.05) is 19.6 Å². The molecule has 1 aromatic rings. The molecule has 0 amide bonds. The Morgan fingerprint density at radius 2 is 1.67 bits per heavy atom. The number of halogens is 4. The number of fused-ring (bicyclic) bond motifs is 1. The van der Waals surface area contributed by atoms with Gasteiger partial charge in [-0.15, -0.1) is 0 Å². The van der Waals surface area contributed by atoms with E-state index in [4.69, 9.17) is 0 Å². The summed E-state index contributed by atoms with van der Waals surface area (Å²) in [6.45, 7) is 9.36. The Morgan fingerprint density at radius 1 is 1.08 bits per heavy atom. The van der Waals surface area contributed by atoms with Crippen molar-refractivity contribution in [1.29, 1.82) is 0 Å². The van der Waals surface area contributed by atoms with Crippen molar-refractivity contribution in [3.63, 3.8) is 0 Å². The molecular weight excluding hydrogens is 317 g/mol. The highest BCUT2D eigenvalue weighted by Crippen LogP contribution is 2.62. The molecule has 0 bridgehead atoms. The van der Waals surface area contributed by atoms with Crippen LogP contribution in [-0.2, 0) is 5.41 Å². The Bertz CT molecular complexity index is 578. The quantitative estimate of drug-likeness (QED) is 0.311. The summed E-state index contributed by atoms with van der Waals surface area (Å²) in [7, 11) is -6.00. The summed E-state index contributed by atoms with van der Waals surface area (Å²) >= 11 is 0. The molecule has 2 heterocycles. The van der Waals surface area contributed by atoms with Crippen molar-refractivity contribution < 1.29 is 21.7 Å². The lowest BCUT2D eigenvalue weighted by molar-refractivity contribution is -0.819. The standard InChI is InChI=1S/C18H26N.BF4/c1-17(16-6-4-3-5-7-16)11-13-19(14-18(17,19)2)12-10-15-8-9-15;2-1(3,4)5/h3-7,15H,8-14H2,1-2H3;/q+1;-1. The van der Waals surface area contributed by atoms with Crippen molar-refractivity contribution in [3.05, 3.63) is 35.9 Å². The SMILES string of the molecule is CC1(c2ccccc2)CC[N+]2(CCC3CC3)CC12C.F[B-](F)(F)F. The van der Waals surface area contributed by atoms with Crippen LogP contribution in [0.1, 0.15) is 45.1 Å². The second-order valence-electron chi connectivity index (χ2n) is 8.20. The van der Waals surface area contributed by atoms with Gasteiger partial charge >= 0.3 is 7.25 Å². The minimum absolute atomic E-state index is 0.401. The summed E-state index contributed by atoms with van der Waals surface area (Å²) in [6.07, 6.45) is 5.87. The molecule has 134 valence electrons. The first-order valence-corrected chi connectivity index (χ1v) is 8.89. The van der Waals surface area contributed by atoms with E-state index in [-0.39, 0.29) is 0 Å². The van der Waals surface area contributed by atoms with Gasteiger partial charge in [-0.2, -0.15) is 0 Å². The molecule has 1 nitrogen and oxygen atoms in total. The van der Waals surface area contributed by atoms with Crippen LogP contribution in [0.5, 0.6) is 0 Å². The minimum atomic E-state index is -6.00. The molecule has 0 N–H and O–H groups in total. The van der Waals surface area contributed by atoms with Crippen molar-refractivity contribution >= 4 is 7.25 Å². The zero-order valence-electron chi connectivity index (χ0n) is 14.5. The Balaban J connectivity index is 0.000000300. The predicted molar refractivity (Wildman–Crippen MR) is 89.2 cm³/mol. The van der Waals surface area contributed by atoms with Crippen LogP contribution in [0.25, 0.3) is 0 Å². The van der Waals surface area contributed by atoms with Gasteiger partial charge in [-0.05, 0) is 44.6 Å². The molecule has 24 heavy (non-hydrogen) atoms. The van der Waals surface area contributed by atoms with E-state index in [9.17, 15) is 17.3 Å². The predicted octanol–water partition coefficient (Wildman–Crippen LogP) is 5.04. The first-order valence-electron chi connectivity index (χ1n) is 8.89. The fourth-order valence-electron chi connectivity index (χ4n) is 4.82. The number of rotatable bonds is 4. The van der Waals surface area contributed by atoms with Crippen molar-refractivity contribution in [3.8, 4) is 0 Å². The second kappa shape index (κ2) is 5.75. The fraction of sp³-hybridized carbons (Fsp3) is 0.667. The molecule has 6 heteroatoms. The second-order valence-corrected chi connectivity index (χ2v) is 8.20. The van der Waals surface area contributed by atoms with Gasteiger partial charge in [-0.3, -0.25) is 0 Å². The fourth-order valence-corrected chi connectivity index (χ4v) is 4.82. The topological polar surface area (TPSA) is 0 Å². The lowest BCUT2D eigenvalue weighted by Crippen LogP contribution is -2.39. The third-order valence-electron chi connectivity index (χ3n) is 6.86. The first-order chi connectivity index (χ1) is 11.1. The number of piperidine rings is 1. The van der Waals surface area contributed by atoms with Crippen molar-refractivity contribution in [2.24, 2.45) is 5.92 Å². The van der Waals surface area contributed by atoms with Gasteiger partial charge < -0.3 is 21.7 Å². The molecule has 1 aliphatic carbocycles. The van der Waals surface area contributed by atoms with Gasteiger partial charge in [0.25, 0.3) is 0 Å². The number of hydrogen-bond donors (Lipinski definition) is 0. The molecule has 0 spiro atoms. The van der Waals surface area contributed by atoms with Gasteiger partial charge in [0, 0.05) is 6.42 Å². The third-order valence-corrected chi connectivity index (χ3v) is 6.86. The zero-order chi connectivity index (χ0) is 17.6. The highest BCUT2D eigenvalue weighted by molar-refractivity contribution is 6.50. The number of benzene rings is 1. The van der Waals surface area contributed by atoms with E-state index in [1.54, 1.807) is 5.56 Å². The number of nitrogens with zero attached hydrogens (tertiary/aromatic N) is 1. The largest absolute Gasteiger partial charge is 0.673 e. The van der Waals surface area contributed by atoms with Crippen LogP contribution in [0, 0.1) is 5.92 Å². The summed E-state index contributed by atoms with van der Waals surface area (Å²) < 4.78 is 40.4. The molecule has 4 rings (SSSR count). The van der Waals surface area contributed by atoms with E-state index in [1.165, 1.54) is 49.8 Å². The normalized spacial score (nSPS) is 37.4. The van der Waals surface area contributed by atoms with Gasteiger partial charge in [-0.1, -0.05) is 30.3 Å². The van der Waals surface area contributed by atoms with E-state index >= 15 is 0 Å². The van der Waals surface area contributed by atoms with Gasteiger partial charge in [-0.25, -0.2) is 0 Å². The van der Waals surface area contributed by atoms with E-state index in [0.29, 0.717) is 11.0 Å². The Kier molecular flexibility index (Phi) is 4.26. The summed E-state index contributed by atoms with van der Waals surface area (Å²) in [5, 5.41) is 0. The maximum atomic E-state index is 9.75. The molecule has 0 radical (unpaired) electrons. The van der Waals surface area contributed by atoms with E-state index in [1.807, 2.05) is 0 Å². The molecule has 3 unspecified atom stereocenters. The summed E-state index contributed by atoms with van der Waals surface area (Å²) in [5.74, 6) is 1.08. The molecule has 0 aromatic heterocycles. The Hall–Kier alpha value is -1.04. The number of hydrogen-bond acceptors (Lipinski definition) is 0. The van der Waals surface area contributed by atoms with E-state index in [2.05, 4.69) is 44.2 Å². The maximum absolute atomic E-state index is 9.75. The molecule has 3 fully saturated rings. The van der Waals surface area contributed by atoms with Gasteiger partial charge in [0.15, 0.2) is 5.54 Å². The summed E-state index contributed by atoms with van der Waals surface area (Å²) in [6, 6.07) is 11.3. The Morgan fingerprint density at radius 3 is 2.17 bits per heavy atom. The van der Waals surface area contributed by atoms with Gasteiger partial charge in [0.2, 0.25) is 0 Å². The third kappa shape index (κ3) is 3.22. The van der Waals surface area contributed by atoms with Crippen LogP contribution in [0.15, 0.2) is 30.3 Å². The van der Waals surface area contributed by atoms with Crippen LogP contribution in [0.3, 0.4) is 0 Å². The van der Waals surface area contributed by atoms with E-state index < -0.39 is 7.25 Å². The van der Waals surface area contributed by atoms with Gasteiger partial charge in [0.1, 0.15) is 6.54 Å².